The number of hydrogen-bond acceptors (Lipinski definition) is 3. The van der Waals surface area contributed by atoms with Gasteiger partial charge in [0.25, 0.3) is 0 Å². The molecule has 2 fully saturated rings. The Hall–Kier alpha value is -0.810. The summed E-state index contributed by atoms with van der Waals surface area (Å²) >= 11 is 0. The van der Waals surface area contributed by atoms with Crippen molar-refractivity contribution in [3.63, 3.8) is 0 Å². The molecule has 5 nitrogen and oxygen atoms in total. The highest BCUT2D eigenvalue weighted by Crippen LogP contribution is 2.39. The lowest BCUT2D eigenvalue weighted by molar-refractivity contribution is -0.160. The quantitative estimate of drug-likeness (QED) is 0.586. The van der Waals surface area contributed by atoms with Gasteiger partial charge in [-0.15, -0.1) is 0 Å². The third kappa shape index (κ3) is 3.36. The lowest BCUT2D eigenvalue weighted by Crippen LogP contribution is -2.38. The lowest BCUT2D eigenvalue weighted by atomic mass is 10.2. The lowest BCUT2D eigenvalue weighted by Gasteiger charge is -2.21. The number of aliphatic imine (C=N–C) groups is 1. The van der Waals surface area contributed by atoms with Crippen molar-refractivity contribution in [1.82, 2.24) is 10.6 Å². The number of ether oxygens (including phenoxy) is 2. The first-order valence-corrected chi connectivity index (χ1v) is 7.12. The molecule has 0 amide bonds. The molecule has 1 saturated heterocycles. The van der Waals surface area contributed by atoms with Crippen LogP contribution in [-0.2, 0) is 9.47 Å². The molecule has 0 aromatic rings. The zero-order chi connectivity index (χ0) is 12.8. The maximum absolute atomic E-state index is 6.03. The first-order valence-electron chi connectivity index (χ1n) is 7.12. The van der Waals surface area contributed by atoms with Gasteiger partial charge in [0, 0.05) is 25.9 Å². The van der Waals surface area contributed by atoms with Crippen LogP contribution in [0.25, 0.3) is 0 Å². The molecule has 1 unspecified atom stereocenters. The van der Waals surface area contributed by atoms with Gasteiger partial charge >= 0.3 is 0 Å². The average Bonchev–Trinajstić information content (AvgIpc) is 2.98. The van der Waals surface area contributed by atoms with E-state index >= 15 is 0 Å². The van der Waals surface area contributed by atoms with E-state index < -0.39 is 0 Å². The predicted octanol–water partition coefficient (Wildman–Crippen LogP) is 1.25. The van der Waals surface area contributed by atoms with E-state index in [0.717, 1.165) is 31.9 Å². The Labute approximate surface area is 109 Å². The maximum Gasteiger partial charge on any atom is 0.191 e. The van der Waals surface area contributed by atoms with Crippen LogP contribution in [0.1, 0.15) is 39.5 Å². The van der Waals surface area contributed by atoms with Gasteiger partial charge in [0.05, 0.1) is 13.2 Å². The van der Waals surface area contributed by atoms with Crippen molar-refractivity contribution in [3.8, 4) is 0 Å². The monoisotopic (exact) mass is 255 g/mol. The van der Waals surface area contributed by atoms with Crippen LogP contribution in [0.15, 0.2) is 4.99 Å². The maximum atomic E-state index is 6.03. The van der Waals surface area contributed by atoms with Gasteiger partial charge in [-0.2, -0.15) is 0 Å². The number of hydrogen-bond donors (Lipinski definition) is 2. The highest BCUT2D eigenvalue weighted by Gasteiger charge is 2.43. The van der Waals surface area contributed by atoms with E-state index in [1.165, 1.54) is 12.8 Å². The SMILES string of the molecule is CCNC(=NCC1COC2(CCCC2)O1)NCC. The van der Waals surface area contributed by atoms with E-state index in [4.69, 9.17) is 9.47 Å². The van der Waals surface area contributed by atoms with Crippen LogP contribution in [0.5, 0.6) is 0 Å². The van der Waals surface area contributed by atoms with Crippen LogP contribution in [0.3, 0.4) is 0 Å². The molecule has 1 aliphatic carbocycles. The summed E-state index contributed by atoms with van der Waals surface area (Å²) < 4.78 is 11.9. The van der Waals surface area contributed by atoms with Crippen LogP contribution >= 0.6 is 0 Å². The van der Waals surface area contributed by atoms with Crippen LogP contribution in [-0.4, -0.2) is 44.1 Å². The Bertz CT molecular complexity index is 280. The fourth-order valence-corrected chi connectivity index (χ4v) is 2.58. The van der Waals surface area contributed by atoms with Crippen molar-refractivity contribution < 1.29 is 9.47 Å². The second-order valence-corrected chi connectivity index (χ2v) is 4.92. The van der Waals surface area contributed by atoms with Gasteiger partial charge in [0.15, 0.2) is 11.7 Å². The minimum atomic E-state index is -0.267. The zero-order valence-corrected chi connectivity index (χ0v) is 11.5. The largest absolute Gasteiger partial charge is 0.357 e. The van der Waals surface area contributed by atoms with Gasteiger partial charge in [-0.25, -0.2) is 0 Å². The van der Waals surface area contributed by atoms with Gasteiger partial charge in [-0.05, 0) is 26.7 Å². The number of rotatable bonds is 4. The first kappa shape index (κ1) is 13.6. The highest BCUT2D eigenvalue weighted by atomic mass is 16.7. The average molecular weight is 255 g/mol. The molecule has 0 aromatic heterocycles. The smallest absolute Gasteiger partial charge is 0.191 e. The van der Waals surface area contributed by atoms with Crippen molar-refractivity contribution in [3.05, 3.63) is 0 Å². The molecule has 2 rings (SSSR count). The van der Waals surface area contributed by atoms with E-state index in [9.17, 15) is 0 Å². The van der Waals surface area contributed by atoms with E-state index in [1.807, 2.05) is 0 Å². The Morgan fingerprint density at radius 1 is 1.22 bits per heavy atom. The minimum Gasteiger partial charge on any atom is -0.357 e. The van der Waals surface area contributed by atoms with Crippen LogP contribution < -0.4 is 10.6 Å². The molecule has 2 aliphatic rings. The molecule has 18 heavy (non-hydrogen) atoms. The molecule has 0 radical (unpaired) electrons. The van der Waals surface area contributed by atoms with Crippen LogP contribution in [0.4, 0.5) is 0 Å². The number of nitrogens with zero attached hydrogens (tertiary/aromatic N) is 1. The molecule has 0 aromatic carbocycles. The molecular weight excluding hydrogens is 230 g/mol. The molecule has 1 saturated carbocycles. The fraction of sp³-hybridized carbons (Fsp3) is 0.923. The number of guanidine groups is 1. The summed E-state index contributed by atoms with van der Waals surface area (Å²) in [6, 6.07) is 0. The van der Waals surface area contributed by atoms with Crippen molar-refractivity contribution in [2.75, 3.05) is 26.2 Å². The normalized spacial score (nSPS) is 25.3. The summed E-state index contributed by atoms with van der Waals surface area (Å²) in [6.45, 7) is 7.22. The van der Waals surface area contributed by atoms with Gasteiger partial charge in [0.2, 0.25) is 0 Å². The second-order valence-electron chi connectivity index (χ2n) is 4.92. The van der Waals surface area contributed by atoms with Crippen molar-refractivity contribution >= 4 is 5.96 Å². The van der Waals surface area contributed by atoms with E-state index in [1.54, 1.807) is 0 Å². The van der Waals surface area contributed by atoms with E-state index in [0.29, 0.717) is 13.2 Å². The summed E-state index contributed by atoms with van der Waals surface area (Å²) in [4.78, 5) is 4.53. The minimum absolute atomic E-state index is 0.107. The summed E-state index contributed by atoms with van der Waals surface area (Å²) in [5.74, 6) is 0.590. The van der Waals surface area contributed by atoms with Crippen LogP contribution in [0, 0.1) is 0 Å². The molecule has 1 spiro atoms. The third-order valence-electron chi connectivity index (χ3n) is 3.42. The Morgan fingerprint density at radius 2 is 1.89 bits per heavy atom. The Morgan fingerprint density at radius 3 is 2.50 bits per heavy atom. The topological polar surface area (TPSA) is 54.9 Å². The molecule has 1 heterocycles. The van der Waals surface area contributed by atoms with Gasteiger partial charge in [-0.3, -0.25) is 4.99 Å². The zero-order valence-electron chi connectivity index (χ0n) is 11.5. The van der Waals surface area contributed by atoms with Crippen molar-refractivity contribution in [1.29, 1.82) is 0 Å². The first-order chi connectivity index (χ1) is 8.78. The molecular formula is C13H25N3O2. The molecule has 1 atom stereocenters. The molecule has 2 N–H and O–H groups in total. The van der Waals surface area contributed by atoms with E-state index in [2.05, 4.69) is 29.5 Å². The van der Waals surface area contributed by atoms with Crippen molar-refractivity contribution in [2.45, 2.75) is 51.4 Å². The van der Waals surface area contributed by atoms with Crippen molar-refractivity contribution in [2.24, 2.45) is 4.99 Å². The van der Waals surface area contributed by atoms with Gasteiger partial charge in [-0.1, -0.05) is 0 Å². The molecule has 104 valence electrons. The fourth-order valence-electron chi connectivity index (χ4n) is 2.58. The standard InChI is InChI=1S/C13H25N3O2/c1-3-14-12(15-4-2)16-9-11-10-17-13(18-11)7-5-6-8-13/h11H,3-10H2,1-2H3,(H2,14,15,16). The Balaban J connectivity index is 1.81. The molecule has 5 heteroatoms. The Kier molecular flexibility index (Phi) is 4.83. The number of nitrogens with one attached hydrogen (secondary N) is 2. The highest BCUT2D eigenvalue weighted by molar-refractivity contribution is 5.79. The predicted molar refractivity (Wildman–Crippen MR) is 71.7 cm³/mol. The van der Waals surface area contributed by atoms with Crippen LogP contribution in [0.2, 0.25) is 0 Å². The van der Waals surface area contributed by atoms with E-state index in [-0.39, 0.29) is 11.9 Å². The van der Waals surface area contributed by atoms with Gasteiger partial charge in [0.1, 0.15) is 6.10 Å². The summed E-state index contributed by atoms with van der Waals surface area (Å²) in [5, 5.41) is 6.42. The van der Waals surface area contributed by atoms with Gasteiger partial charge < -0.3 is 20.1 Å². The third-order valence-corrected chi connectivity index (χ3v) is 3.42. The summed E-state index contributed by atoms with van der Waals surface area (Å²) in [6.07, 6.45) is 4.63. The molecule has 0 bridgehead atoms. The molecule has 1 aliphatic heterocycles. The summed E-state index contributed by atoms with van der Waals surface area (Å²) in [5.41, 5.74) is 0. The second kappa shape index (κ2) is 6.38. The summed E-state index contributed by atoms with van der Waals surface area (Å²) in [7, 11) is 0.